The molecule has 1 aliphatic heterocycles. The average Bonchev–Trinajstić information content (AvgIpc) is 3.04. The van der Waals surface area contributed by atoms with Crippen molar-refractivity contribution in [3.05, 3.63) is 17.7 Å². The first kappa shape index (κ1) is 24.0. The molecule has 0 radical (unpaired) electrons. The second kappa shape index (κ2) is 9.01. The summed E-state index contributed by atoms with van der Waals surface area (Å²) in [4.78, 5) is 20.9. The molecule has 27 heavy (non-hydrogen) atoms. The minimum Gasteiger partial charge on any atom is -0.342 e. The largest absolute Gasteiger partial charge is 0.432 e. The van der Waals surface area contributed by atoms with Crippen molar-refractivity contribution in [1.82, 2.24) is 14.9 Å². The first-order chi connectivity index (χ1) is 11.7. The van der Waals surface area contributed by atoms with Gasteiger partial charge in [-0.15, -0.1) is 24.8 Å². The number of hydrogen-bond acceptors (Lipinski definition) is 3. The first-order valence-corrected chi connectivity index (χ1v) is 8.88. The second-order valence-corrected chi connectivity index (χ2v) is 7.58. The van der Waals surface area contributed by atoms with Crippen molar-refractivity contribution in [2.24, 2.45) is 11.7 Å². The van der Waals surface area contributed by atoms with Crippen molar-refractivity contribution in [1.29, 1.82) is 0 Å². The van der Waals surface area contributed by atoms with Crippen LogP contribution in [0.15, 0.2) is 6.20 Å². The summed E-state index contributed by atoms with van der Waals surface area (Å²) in [6.07, 6.45) is 1.41. The Morgan fingerprint density at radius 2 is 1.89 bits per heavy atom. The molecule has 2 aliphatic rings. The van der Waals surface area contributed by atoms with Crippen molar-refractivity contribution < 1.29 is 18.0 Å². The Morgan fingerprint density at radius 1 is 1.26 bits per heavy atom. The number of nitrogens with two attached hydrogens (primary N) is 1. The highest BCUT2D eigenvalue weighted by molar-refractivity contribution is 5.85. The third-order valence-corrected chi connectivity index (χ3v) is 5.65. The van der Waals surface area contributed by atoms with E-state index in [0.717, 1.165) is 31.9 Å². The number of halogens is 5. The van der Waals surface area contributed by atoms with Crippen LogP contribution in [0.2, 0.25) is 0 Å². The quantitative estimate of drug-likeness (QED) is 0.746. The zero-order valence-electron chi connectivity index (χ0n) is 15.2. The van der Waals surface area contributed by atoms with Crippen LogP contribution in [-0.2, 0) is 11.0 Å². The Labute approximate surface area is 169 Å². The van der Waals surface area contributed by atoms with E-state index in [4.69, 9.17) is 5.73 Å². The summed E-state index contributed by atoms with van der Waals surface area (Å²) in [5, 5.41) is 0. The van der Waals surface area contributed by atoms with Crippen LogP contribution >= 0.6 is 24.8 Å². The predicted octanol–water partition coefficient (Wildman–Crippen LogP) is 3.89. The van der Waals surface area contributed by atoms with Gasteiger partial charge in [-0.1, -0.05) is 12.8 Å². The number of hydrogen-bond donors (Lipinski definition) is 2. The molecule has 1 aromatic rings. The van der Waals surface area contributed by atoms with Crippen LogP contribution in [0.25, 0.3) is 0 Å². The van der Waals surface area contributed by atoms with Gasteiger partial charge in [0.2, 0.25) is 5.91 Å². The smallest absolute Gasteiger partial charge is 0.342 e. The number of likely N-dealkylation sites (tertiary alicyclic amines) is 1. The van der Waals surface area contributed by atoms with Crippen molar-refractivity contribution in [3.8, 4) is 0 Å². The molecule has 1 aromatic heterocycles. The standard InChI is InChI=1S/C17H25F3N4O.2ClH/c1-16(21)7-3-2-4-12(16)15(25)24-8-5-11(6-9-24)14-22-10-13(23-14)17(18,19)20;;/h10-12H,2-9,21H2,1H3,(H,22,23);2*1H. The summed E-state index contributed by atoms with van der Waals surface area (Å²) in [6.45, 7) is 3.03. The molecule has 3 N–H and O–H groups in total. The number of alkyl halides is 3. The maximum Gasteiger partial charge on any atom is 0.432 e. The van der Waals surface area contributed by atoms with Crippen LogP contribution in [0, 0.1) is 5.92 Å². The number of aromatic amines is 1. The van der Waals surface area contributed by atoms with E-state index in [9.17, 15) is 18.0 Å². The van der Waals surface area contributed by atoms with E-state index in [1.54, 1.807) is 0 Å². The fourth-order valence-corrected chi connectivity index (χ4v) is 4.05. The van der Waals surface area contributed by atoms with Gasteiger partial charge in [-0.05, 0) is 32.6 Å². The van der Waals surface area contributed by atoms with Gasteiger partial charge in [-0.2, -0.15) is 13.2 Å². The third-order valence-electron chi connectivity index (χ3n) is 5.65. The number of amides is 1. The molecule has 2 heterocycles. The van der Waals surface area contributed by atoms with Crippen LogP contribution < -0.4 is 5.73 Å². The van der Waals surface area contributed by atoms with Gasteiger partial charge in [0.25, 0.3) is 0 Å². The molecule has 0 bridgehead atoms. The van der Waals surface area contributed by atoms with Crippen LogP contribution in [0.3, 0.4) is 0 Å². The molecular weight excluding hydrogens is 404 g/mol. The summed E-state index contributed by atoms with van der Waals surface area (Å²) >= 11 is 0. The molecular formula is C17H27Cl2F3N4O. The number of nitrogens with zero attached hydrogens (tertiary/aromatic N) is 2. The summed E-state index contributed by atoms with van der Waals surface area (Å²) in [6, 6.07) is 0. The first-order valence-electron chi connectivity index (χ1n) is 8.88. The summed E-state index contributed by atoms with van der Waals surface area (Å²) < 4.78 is 38.0. The molecule has 2 atom stereocenters. The third kappa shape index (κ3) is 5.29. The van der Waals surface area contributed by atoms with Crippen molar-refractivity contribution in [2.45, 2.75) is 63.1 Å². The van der Waals surface area contributed by atoms with Crippen LogP contribution in [0.1, 0.15) is 62.9 Å². The number of rotatable bonds is 2. The minimum absolute atomic E-state index is 0. The van der Waals surface area contributed by atoms with Gasteiger partial charge in [0, 0.05) is 24.5 Å². The van der Waals surface area contributed by atoms with Gasteiger partial charge in [0.05, 0.1) is 12.1 Å². The number of imidazole rings is 1. The monoisotopic (exact) mass is 430 g/mol. The molecule has 0 aromatic carbocycles. The van der Waals surface area contributed by atoms with E-state index in [0.29, 0.717) is 31.8 Å². The zero-order valence-corrected chi connectivity index (χ0v) is 16.9. The Kier molecular flexibility index (Phi) is 8.02. The van der Waals surface area contributed by atoms with Crippen LogP contribution in [0.4, 0.5) is 13.2 Å². The van der Waals surface area contributed by atoms with Crippen molar-refractivity contribution in [3.63, 3.8) is 0 Å². The van der Waals surface area contributed by atoms with E-state index in [1.165, 1.54) is 0 Å². The van der Waals surface area contributed by atoms with E-state index >= 15 is 0 Å². The Bertz CT molecular complexity index is 628. The number of H-pyrrole nitrogens is 1. The molecule has 2 unspecified atom stereocenters. The van der Waals surface area contributed by atoms with E-state index in [2.05, 4.69) is 9.97 Å². The Balaban J connectivity index is 0.00000182. The lowest BCUT2D eigenvalue weighted by atomic mass is 9.73. The van der Waals surface area contributed by atoms with E-state index in [-0.39, 0.29) is 42.6 Å². The molecule has 1 aliphatic carbocycles. The summed E-state index contributed by atoms with van der Waals surface area (Å²) in [5.41, 5.74) is 5.04. The van der Waals surface area contributed by atoms with Gasteiger partial charge in [0.1, 0.15) is 11.5 Å². The maximum atomic E-state index is 12.8. The van der Waals surface area contributed by atoms with Gasteiger partial charge in [-0.3, -0.25) is 4.79 Å². The summed E-state index contributed by atoms with van der Waals surface area (Å²) in [7, 11) is 0. The van der Waals surface area contributed by atoms with Crippen molar-refractivity contribution in [2.75, 3.05) is 13.1 Å². The number of piperidine rings is 1. The van der Waals surface area contributed by atoms with Crippen LogP contribution in [0.5, 0.6) is 0 Å². The highest BCUT2D eigenvalue weighted by Crippen LogP contribution is 2.35. The van der Waals surface area contributed by atoms with Crippen LogP contribution in [-0.4, -0.2) is 39.4 Å². The summed E-state index contributed by atoms with van der Waals surface area (Å²) in [5.74, 6) is 0.230. The zero-order chi connectivity index (χ0) is 18.2. The number of aromatic nitrogens is 2. The van der Waals surface area contributed by atoms with Gasteiger partial charge in [0.15, 0.2) is 0 Å². The van der Waals surface area contributed by atoms with Gasteiger partial charge >= 0.3 is 6.18 Å². The molecule has 10 heteroatoms. The lowest BCUT2D eigenvalue weighted by Crippen LogP contribution is -2.54. The molecule has 5 nitrogen and oxygen atoms in total. The van der Waals surface area contributed by atoms with E-state index < -0.39 is 17.4 Å². The Hall–Kier alpha value is -0.990. The fraction of sp³-hybridized carbons (Fsp3) is 0.765. The SMILES string of the molecule is CC1(N)CCCCC1C(=O)N1CCC(c2ncc(C(F)(F)F)[nH]2)CC1.Cl.Cl. The average molecular weight is 431 g/mol. The molecule has 1 saturated heterocycles. The maximum absolute atomic E-state index is 12.8. The molecule has 0 spiro atoms. The van der Waals surface area contributed by atoms with E-state index in [1.807, 2.05) is 11.8 Å². The predicted molar refractivity (Wildman–Crippen MR) is 101 cm³/mol. The molecule has 1 amide bonds. The number of nitrogens with one attached hydrogen (secondary N) is 1. The second-order valence-electron chi connectivity index (χ2n) is 7.58. The fourth-order valence-electron chi connectivity index (χ4n) is 4.05. The lowest BCUT2D eigenvalue weighted by molar-refractivity contribution is -0.141. The number of carbonyl (C=O) groups is 1. The molecule has 156 valence electrons. The highest BCUT2D eigenvalue weighted by atomic mass is 35.5. The molecule has 1 saturated carbocycles. The van der Waals surface area contributed by atoms with Crippen molar-refractivity contribution >= 4 is 30.7 Å². The normalized spacial score (nSPS) is 26.9. The topological polar surface area (TPSA) is 75.0 Å². The van der Waals surface area contributed by atoms with Gasteiger partial charge < -0.3 is 15.6 Å². The number of carbonyl (C=O) groups excluding carboxylic acids is 1. The highest BCUT2D eigenvalue weighted by Gasteiger charge is 2.41. The van der Waals surface area contributed by atoms with Gasteiger partial charge in [-0.25, -0.2) is 4.98 Å². The Morgan fingerprint density at radius 3 is 2.41 bits per heavy atom. The molecule has 3 rings (SSSR count). The molecule has 2 fully saturated rings. The lowest BCUT2D eigenvalue weighted by Gasteiger charge is -2.41. The minimum atomic E-state index is -4.41.